The summed E-state index contributed by atoms with van der Waals surface area (Å²) < 4.78 is 5.12. The van der Waals surface area contributed by atoms with Crippen LogP contribution in [0.1, 0.15) is 27.2 Å². The Balaban J connectivity index is 3.87. The second-order valence-electron chi connectivity index (χ2n) is 4.05. The summed E-state index contributed by atoms with van der Waals surface area (Å²) in [6.45, 7) is 7.37. The molecule has 0 rings (SSSR count). The van der Waals surface area contributed by atoms with Crippen LogP contribution >= 0.6 is 0 Å². The molecule has 2 heteroatoms. The number of hydrogen-bond donors (Lipinski definition) is 0. The van der Waals surface area contributed by atoms with Crippen molar-refractivity contribution in [1.29, 1.82) is 0 Å². The third kappa shape index (κ3) is 4.46. The molecule has 1 atom stereocenters. The van der Waals surface area contributed by atoms with E-state index in [4.69, 9.17) is 12.6 Å². The Hall–Kier alpha value is 0.0249. The van der Waals surface area contributed by atoms with E-state index in [1.807, 2.05) is 0 Å². The fourth-order valence-electron chi connectivity index (χ4n) is 1.54. The van der Waals surface area contributed by atoms with Crippen molar-refractivity contribution in [3.05, 3.63) is 0 Å². The van der Waals surface area contributed by atoms with Crippen molar-refractivity contribution in [2.75, 3.05) is 13.7 Å². The average Bonchev–Trinajstić information content (AvgIpc) is 1.87. The van der Waals surface area contributed by atoms with Gasteiger partial charge in [-0.05, 0) is 17.8 Å². The normalized spacial score (nSPS) is 16.8. The monoisotopic (exact) mass is 154 g/mol. The van der Waals surface area contributed by atoms with Crippen LogP contribution in [0.3, 0.4) is 0 Å². The first kappa shape index (κ1) is 11.0. The van der Waals surface area contributed by atoms with E-state index in [-0.39, 0.29) is 5.41 Å². The minimum atomic E-state index is 0.170. The van der Waals surface area contributed by atoms with Gasteiger partial charge in [0.05, 0.1) is 14.5 Å². The molecule has 0 aliphatic rings. The minimum absolute atomic E-state index is 0.170. The lowest BCUT2D eigenvalue weighted by Crippen LogP contribution is -2.24. The van der Waals surface area contributed by atoms with Crippen molar-refractivity contribution in [2.45, 2.75) is 33.5 Å². The van der Waals surface area contributed by atoms with Crippen molar-refractivity contribution >= 4 is 7.85 Å². The minimum Gasteiger partial charge on any atom is -0.384 e. The first-order chi connectivity index (χ1) is 5.04. The highest BCUT2D eigenvalue weighted by Crippen LogP contribution is 2.29. The highest BCUT2D eigenvalue weighted by atomic mass is 16.5. The number of hydrogen-bond acceptors (Lipinski definition) is 1. The van der Waals surface area contributed by atoms with Gasteiger partial charge in [-0.1, -0.05) is 27.1 Å². The van der Waals surface area contributed by atoms with Crippen molar-refractivity contribution in [3.8, 4) is 0 Å². The molecule has 0 aromatic heterocycles. The average molecular weight is 154 g/mol. The van der Waals surface area contributed by atoms with Crippen LogP contribution in [0.2, 0.25) is 6.32 Å². The molecule has 0 aliphatic heterocycles. The smallest absolute Gasteiger partial charge is 0.0661 e. The van der Waals surface area contributed by atoms with Crippen LogP contribution in [0.15, 0.2) is 0 Å². The van der Waals surface area contributed by atoms with E-state index < -0.39 is 0 Å². The molecule has 2 radical (unpaired) electrons. The van der Waals surface area contributed by atoms with Gasteiger partial charge in [0.15, 0.2) is 0 Å². The third-order valence-electron chi connectivity index (χ3n) is 1.89. The zero-order valence-electron chi connectivity index (χ0n) is 8.18. The lowest BCUT2D eigenvalue weighted by molar-refractivity contribution is 0.0895. The van der Waals surface area contributed by atoms with E-state index in [9.17, 15) is 0 Å². The SMILES string of the molecule is [B]C[C@](C)(COC)CC(C)C. The van der Waals surface area contributed by atoms with Gasteiger partial charge in [-0.3, -0.25) is 0 Å². The Labute approximate surface area is 71.9 Å². The molecule has 0 aromatic carbocycles. The molecule has 1 nitrogen and oxygen atoms in total. The van der Waals surface area contributed by atoms with Crippen LogP contribution in [0, 0.1) is 11.3 Å². The molecule has 0 fully saturated rings. The Morgan fingerprint density at radius 2 is 2.00 bits per heavy atom. The van der Waals surface area contributed by atoms with Gasteiger partial charge in [0.25, 0.3) is 0 Å². The summed E-state index contributed by atoms with van der Waals surface area (Å²) in [7, 11) is 7.39. The fraction of sp³-hybridized carbons (Fsp3) is 1.00. The summed E-state index contributed by atoms with van der Waals surface area (Å²) in [6, 6.07) is 0. The third-order valence-corrected chi connectivity index (χ3v) is 1.89. The predicted molar refractivity (Wildman–Crippen MR) is 50.0 cm³/mol. The van der Waals surface area contributed by atoms with Crippen LogP contribution in [0.25, 0.3) is 0 Å². The molecule has 0 saturated heterocycles. The van der Waals surface area contributed by atoms with Crippen LogP contribution in [-0.2, 0) is 4.74 Å². The number of ether oxygens (including phenoxy) is 1. The largest absolute Gasteiger partial charge is 0.384 e. The van der Waals surface area contributed by atoms with Gasteiger partial charge in [0, 0.05) is 7.11 Å². The first-order valence-electron chi connectivity index (χ1n) is 4.23. The molecule has 0 aliphatic carbocycles. The van der Waals surface area contributed by atoms with Crippen molar-refractivity contribution in [1.82, 2.24) is 0 Å². The molecule has 0 heterocycles. The standard InChI is InChI=1S/C9H19BO/c1-8(2)5-9(3,6-10)7-11-4/h8H,5-7H2,1-4H3/t9-/m1/s1. The fourth-order valence-corrected chi connectivity index (χ4v) is 1.54. The van der Waals surface area contributed by atoms with Gasteiger partial charge >= 0.3 is 0 Å². The van der Waals surface area contributed by atoms with E-state index in [0.717, 1.165) is 13.0 Å². The Morgan fingerprint density at radius 1 is 1.45 bits per heavy atom. The zero-order chi connectivity index (χ0) is 8.91. The van der Waals surface area contributed by atoms with Gasteiger partial charge in [0.2, 0.25) is 0 Å². The van der Waals surface area contributed by atoms with Gasteiger partial charge in [-0.2, -0.15) is 0 Å². The highest BCUT2D eigenvalue weighted by molar-refractivity contribution is 6.08. The molecule has 0 saturated carbocycles. The summed E-state index contributed by atoms with van der Waals surface area (Å²) in [6.07, 6.45) is 1.84. The molecule has 0 spiro atoms. The molecule has 0 aromatic rings. The molecule has 64 valence electrons. The van der Waals surface area contributed by atoms with Gasteiger partial charge < -0.3 is 4.74 Å². The molecule has 0 bridgehead atoms. The first-order valence-corrected chi connectivity index (χ1v) is 4.23. The molecule has 0 N–H and O–H groups in total. The van der Waals surface area contributed by atoms with Crippen LogP contribution in [0.4, 0.5) is 0 Å². The van der Waals surface area contributed by atoms with Crippen molar-refractivity contribution in [2.24, 2.45) is 11.3 Å². The van der Waals surface area contributed by atoms with E-state index >= 15 is 0 Å². The topological polar surface area (TPSA) is 9.23 Å². The Morgan fingerprint density at radius 3 is 2.27 bits per heavy atom. The van der Waals surface area contributed by atoms with Crippen molar-refractivity contribution in [3.63, 3.8) is 0 Å². The number of rotatable bonds is 5. The van der Waals surface area contributed by atoms with Gasteiger partial charge in [0.1, 0.15) is 0 Å². The maximum Gasteiger partial charge on any atom is 0.0661 e. The molecule has 0 unspecified atom stereocenters. The maximum absolute atomic E-state index is 5.66. The second-order valence-corrected chi connectivity index (χ2v) is 4.05. The molecule has 0 amide bonds. The Kier molecular flexibility index (Phi) is 4.82. The van der Waals surface area contributed by atoms with E-state index in [1.54, 1.807) is 7.11 Å². The van der Waals surface area contributed by atoms with Crippen LogP contribution in [0.5, 0.6) is 0 Å². The van der Waals surface area contributed by atoms with E-state index in [2.05, 4.69) is 20.8 Å². The predicted octanol–water partition coefficient (Wildman–Crippen LogP) is 2.27. The summed E-state index contributed by atoms with van der Waals surface area (Å²) in [5.74, 6) is 0.693. The summed E-state index contributed by atoms with van der Waals surface area (Å²) >= 11 is 0. The van der Waals surface area contributed by atoms with Crippen LogP contribution in [-0.4, -0.2) is 21.6 Å². The quantitative estimate of drug-likeness (QED) is 0.552. The lowest BCUT2D eigenvalue weighted by Gasteiger charge is -2.29. The summed E-state index contributed by atoms with van der Waals surface area (Å²) in [5, 5.41) is 0. The van der Waals surface area contributed by atoms with E-state index in [0.29, 0.717) is 12.2 Å². The summed E-state index contributed by atoms with van der Waals surface area (Å²) in [5.41, 5.74) is 0.170. The van der Waals surface area contributed by atoms with Gasteiger partial charge in [-0.15, -0.1) is 0 Å². The number of methoxy groups -OCH3 is 1. The summed E-state index contributed by atoms with van der Waals surface area (Å²) in [4.78, 5) is 0. The highest BCUT2D eigenvalue weighted by Gasteiger charge is 2.22. The lowest BCUT2D eigenvalue weighted by atomic mass is 9.73. The Bertz CT molecular complexity index is 104. The molecular formula is C9H19BO. The maximum atomic E-state index is 5.66. The molecule has 11 heavy (non-hydrogen) atoms. The van der Waals surface area contributed by atoms with Gasteiger partial charge in [-0.25, -0.2) is 0 Å². The van der Waals surface area contributed by atoms with Crippen LogP contribution < -0.4 is 0 Å². The second kappa shape index (κ2) is 4.81. The van der Waals surface area contributed by atoms with E-state index in [1.165, 1.54) is 0 Å². The van der Waals surface area contributed by atoms with Crippen molar-refractivity contribution < 1.29 is 4.74 Å². The zero-order valence-corrected chi connectivity index (χ0v) is 8.18. The molecular weight excluding hydrogens is 135 g/mol.